The molecule has 4 rings (SSSR count). The van der Waals surface area contributed by atoms with Crippen LogP contribution in [0.25, 0.3) is 32.3 Å². The first-order valence-electron chi connectivity index (χ1n) is 28.1. The second-order valence-electron chi connectivity index (χ2n) is 19.0. The zero-order valence-electron chi connectivity index (χ0n) is 45.2. The summed E-state index contributed by atoms with van der Waals surface area (Å²) >= 11 is 0. The van der Waals surface area contributed by atoms with E-state index in [0.29, 0.717) is 74.1 Å². The molecule has 402 valence electrons. The van der Waals surface area contributed by atoms with E-state index in [2.05, 4.69) is 20.8 Å². The van der Waals surface area contributed by atoms with E-state index < -0.39 is 17.9 Å². The van der Waals surface area contributed by atoms with Crippen LogP contribution in [0.15, 0.2) is 36.4 Å². The largest absolute Gasteiger partial charge is 0.490 e. The van der Waals surface area contributed by atoms with Crippen LogP contribution in [-0.4, -0.2) is 77.4 Å². The lowest BCUT2D eigenvalue weighted by atomic mass is 9.93. The average Bonchev–Trinajstić information content (AvgIpc) is 3.38. The third-order valence-electron chi connectivity index (χ3n) is 12.7. The lowest BCUT2D eigenvalue weighted by Gasteiger charge is -2.20. The predicted molar refractivity (Wildman–Crippen MR) is 290 cm³/mol. The molecule has 0 unspecified atom stereocenters. The molecule has 12 heteroatoms. The monoisotopic (exact) mass is 1000 g/mol. The van der Waals surface area contributed by atoms with Crippen molar-refractivity contribution in [2.45, 2.75) is 196 Å². The molecule has 0 saturated carbocycles. The minimum Gasteiger partial charge on any atom is -0.490 e. The Bertz CT molecular complexity index is 2180. The van der Waals surface area contributed by atoms with E-state index in [4.69, 9.17) is 42.6 Å². The Balaban J connectivity index is 1.96. The number of esters is 3. The maximum Gasteiger partial charge on any atom is 0.344 e. The number of rotatable bonds is 42. The summed E-state index contributed by atoms with van der Waals surface area (Å²) < 4.78 is 55.2. The van der Waals surface area contributed by atoms with Gasteiger partial charge < -0.3 is 42.6 Å². The minimum atomic E-state index is -0.467. The number of carbonyl (C=O) groups excluding carboxylic acids is 3. The first kappa shape index (κ1) is 59.4. The van der Waals surface area contributed by atoms with Gasteiger partial charge >= 0.3 is 17.9 Å². The molecule has 0 radical (unpaired) electrons. The van der Waals surface area contributed by atoms with E-state index in [0.717, 1.165) is 129 Å². The van der Waals surface area contributed by atoms with Crippen molar-refractivity contribution in [3.8, 4) is 34.5 Å². The second kappa shape index (κ2) is 35.9. The molecule has 72 heavy (non-hydrogen) atoms. The number of benzene rings is 4. The number of unbranched alkanes of at least 4 members (excludes halogenated alkanes) is 18. The molecule has 0 aliphatic rings. The van der Waals surface area contributed by atoms with Gasteiger partial charge in [-0.05, 0) is 107 Å². The van der Waals surface area contributed by atoms with E-state index in [1.54, 1.807) is 0 Å². The van der Waals surface area contributed by atoms with Gasteiger partial charge in [0.05, 0.1) is 39.6 Å². The smallest absolute Gasteiger partial charge is 0.344 e. The number of fused-ring (bicyclic) bond motifs is 6. The summed E-state index contributed by atoms with van der Waals surface area (Å²) in [7, 11) is 0. The van der Waals surface area contributed by atoms with Gasteiger partial charge in [0.2, 0.25) is 0 Å². The van der Waals surface area contributed by atoms with Crippen molar-refractivity contribution in [3.63, 3.8) is 0 Å². The van der Waals surface area contributed by atoms with Gasteiger partial charge in [-0.15, -0.1) is 0 Å². The van der Waals surface area contributed by atoms with Crippen molar-refractivity contribution in [1.82, 2.24) is 0 Å². The quantitative estimate of drug-likeness (QED) is 0.0181. The molecule has 0 aliphatic carbocycles. The van der Waals surface area contributed by atoms with Crippen LogP contribution >= 0.6 is 0 Å². The van der Waals surface area contributed by atoms with Gasteiger partial charge in [0, 0.05) is 0 Å². The van der Waals surface area contributed by atoms with Crippen LogP contribution in [-0.2, 0) is 28.6 Å². The molecule has 0 heterocycles. The highest BCUT2D eigenvalue weighted by molar-refractivity contribution is 6.27. The highest BCUT2D eigenvalue weighted by atomic mass is 16.6. The van der Waals surface area contributed by atoms with E-state index in [1.165, 1.54) is 57.8 Å². The molecule has 0 amide bonds. The topological polar surface area (TPSA) is 134 Å². The molecule has 0 aromatic heterocycles. The van der Waals surface area contributed by atoms with E-state index in [9.17, 15) is 14.4 Å². The van der Waals surface area contributed by atoms with Crippen molar-refractivity contribution < 1.29 is 57.0 Å². The molecular weight excluding hydrogens is 913 g/mol. The third-order valence-corrected chi connectivity index (χ3v) is 12.7. The van der Waals surface area contributed by atoms with Gasteiger partial charge in [0.1, 0.15) is 0 Å². The maximum atomic E-state index is 13.0. The van der Waals surface area contributed by atoms with Crippen molar-refractivity contribution in [2.75, 3.05) is 59.5 Å². The molecule has 0 bridgehead atoms. The second-order valence-corrected chi connectivity index (χ2v) is 19.0. The lowest BCUT2D eigenvalue weighted by molar-refractivity contribution is -0.147. The highest BCUT2D eigenvalue weighted by Gasteiger charge is 2.22. The van der Waals surface area contributed by atoms with Crippen LogP contribution in [0.1, 0.15) is 196 Å². The Morgan fingerprint density at radius 2 is 0.472 bits per heavy atom. The van der Waals surface area contributed by atoms with Gasteiger partial charge in [-0.3, -0.25) is 0 Å². The number of ether oxygens (including phenoxy) is 9. The summed E-state index contributed by atoms with van der Waals surface area (Å²) in [5.41, 5.74) is 0. The van der Waals surface area contributed by atoms with Gasteiger partial charge in [-0.25, -0.2) is 14.4 Å². The Kier molecular flexibility index (Phi) is 29.6. The van der Waals surface area contributed by atoms with Gasteiger partial charge in [0.25, 0.3) is 0 Å². The normalized spacial score (nSPS) is 11.2. The van der Waals surface area contributed by atoms with E-state index >= 15 is 0 Å². The third kappa shape index (κ3) is 21.1. The Morgan fingerprint density at radius 3 is 0.708 bits per heavy atom. The summed E-state index contributed by atoms with van der Waals surface area (Å²) in [6.07, 6.45) is 24.8. The van der Waals surface area contributed by atoms with E-state index in [-0.39, 0.29) is 19.8 Å². The molecule has 4 aromatic rings. The average molecular weight is 1000 g/mol. The van der Waals surface area contributed by atoms with Crippen molar-refractivity contribution in [2.24, 2.45) is 0 Å². The fraction of sp³-hybridized carbons (Fsp3) is 0.650. The van der Waals surface area contributed by atoms with Crippen molar-refractivity contribution >= 4 is 50.2 Å². The van der Waals surface area contributed by atoms with Crippen LogP contribution in [0.4, 0.5) is 0 Å². The number of hydrogen-bond acceptors (Lipinski definition) is 12. The van der Waals surface area contributed by atoms with Crippen LogP contribution in [0.5, 0.6) is 34.5 Å². The molecule has 0 aliphatic heterocycles. The molecule has 4 aromatic carbocycles. The summed E-state index contributed by atoms with van der Waals surface area (Å²) in [5, 5.41) is 4.83. The SMILES string of the molecule is CCCCCCCCOc1cc2c3cc(OCCCCCCCC)c(OCC(=O)OCCCC)cc3c3cc(OCC(=O)OCCCC)c(OCCCCCCCC)cc3c2cc1OCC(=O)OCCCC. The molecule has 0 N–H and O–H groups in total. The van der Waals surface area contributed by atoms with Crippen LogP contribution in [0, 0.1) is 0 Å². The standard InChI is InChI=1S/C60H90O12/c1-7-13-19-22-25-28-34-64-52-37-46-47-38-53(65-35-29-26-23-20-14-8-2)56(71-44-59(62)68-32-17-11-5)41-50(47)51-42-57(72-45-60(63)69-33-18-12-6)54(66-36-30-27-24-21-15-9-3)39-48(51)49(46)40-55(52)70-43-58(61)67-31-16-10-4/h37-42H,7-36,43-45H2,1-6H3. The first-order valence-corrected chi connectivity index (χ1v) is 28.1. The summed E-state index contributed by atoms with van der Waals surface area (Å²) in [6.45, 7) is 14.2. The van der Waals surface area contributed by atoms with Crippen LogP contribution in [0.3, 0.4) is 0 Å². The molecular formula is C60H90O12. The Labute approximate surface area is 431 Å². The minimum absolute atomic E-state index is 0.287. The summed E-state index contributed by atoms with van der Waals surface area (Å²) in [6, 6.07) is 11.7. The highest BCUT2D eigenvalue weighted by Crippen LogP contribution is 2.47. The Morgan fingerprint density at radius 1 is 0.264 bits per heavy atom. The molecule has 12 nitrogen and oxygen atoms in total. The molecule has 0 fully saturated rings. The van der Waals surface area contributed by atoms with Gasteiger partial charge in [0.15, 0.2) is 54.3 Å². The molecule has 0 spiro atoms. The van der Waals surface area contributed by atoms with Crippen LogP contribution in [0.2, 0.25) is 0 Å². The molecule has 0 atom stereocenters. The van der Waals surface area contributed by atoms with Crippen molar-refractivity contribution in [1.29, 1.82) is 0 Å². The zero-order valence-corrected chi connectivity index (χ0v) is 45.2. The van der Waals surface area contributed by atoms with E-state index in [1.807, 2.05) is 57.2 Å². The number of carbonyl (C=O) groups is 3. The Hall–Kier alpha value is -5.13. The fourth-order valence-electron chi connectivity index (χ4n) is 8.41. The van der Waals surface area contributed by atoms with Crippen molar-refractivity contribution in [3.05, 3.63) is 36.4 Å². The fourth-order valence-corrected chi connectivity index (χ4v) is 8.41. The number of hydrogen-bond donors (Lipinski definition) is 0. The first-order chi connectivity index (χ1) is 35.3. The summed E-state index contributed by atoms with van der Waals surface area (Å²) in [5.74, 6) is 1.29. The van der Waals surface area contributed by atoms with Gasteiger partial charge in [-0.1, -0.05) is 157 Å². The lowest BCUT2D eigenvalue weighted by Crippen LogP contribution is -2.16. The summed E-state index contributed by atoms with van der Waals surface area (Å²) in [4.78, 5) is 39.0. The molecule has 0 saturated heterocycles. The zero-order chi connectivity index (χ0) is 51.6. The predicted octanol–water partition coefficient (Wildman–Crippen LogP) is 15.5. The maximum absolute atomic E-state index is 13.0. The van der Waals surface area contributed by atoms with Gasteiger partial charge in [-0.2, -0.15) is 0 Å². The van der Waals surface area contributed by atoms with Crippen LogP contribution < -0.4 is 28.4 Å².